The smallest absolute Gasteiger partial charge is 0.410 e. The minimum Gasteiger partial charge on any atom is -0.447 e. The van der Waals surface area contributed by atoms with Crippen LogP contribution in [0.25, 0.3) is 0 Å². The zero-order valence-corrected chi connectivity index (χ0v) is 11.4. The Kier molecular flexibility index (Phi) is 3.37. The average molecular weight is 281 g/mol. The summed E-state index contributed by atoms with van der Waals surface area (Å²) < 4.78 is 5.29. The van der Waals surface area contributed by atoms with Crippen molar-refractivity contribution in [3.05, 3.63) is 34.9 Å². The summed E-state index contributed by atoms with van der Waals surface area (Å²) in [7, 11) is 0. The van der Waals surface area contributed by atoms with E-state index in [4.69, 9.17) is 16.3 Å². The minimum absolute atomic E-state index is 0.123. The Morgan fingerprint density at radius 3 is 2.63 bits per heavy atom. The molecule has 0 aromatic heterocycles. The molecule has 2 saturated heterocycles. The van der Waals surface area contributed by atoms with E-state index < -0.39 is 0 Å². The number of cyclic esters (lactones) is 1. The monoisotopic (exact) mass is 280 g/mol. The molecular formula is C14H17ClN2O2. The van der Waals surface area contributed by atoms with Crippen LogP contribution in [0.2, 0.25) is 5.02 Å². The van der Waals surface area contributed by atoms with Crippen LogP contribution < -0.4 is 5.32 Å². The van der Waals surface area contributed by atoms with Crippen molar-refractivity contribution in [2.75, 3.05) is 19.7 Å². The number of benzene rings is 1. The lowest BCUT2D eigenvalue weighted by molar-refractivity contribution is 0.119. The molecule has 1 amide bonds. The Hall–Kier alpha value is -1.26. The summed E-state index contributed by atoms with van der Waals surface area (Å²) in [5, 5.41) is 4.04. The third-order valence-electron chi connectivity index (χ3n) is 4.05. The second kappa shape index (κ2) is 5.02. The van der Waals surface area contributed by atoms with E-state index in [1.165, 1.54) is 0 Å². The predicted molar refractivity (Wildman–Crippen MR) is 73.2 cm³/mol. The maximum absolute atomic E-state index is 12.0. The Balaban J connectivity index is 1.80. The maximum atomic E-state index is 12.0. The van der Waals surface area contributed by atoms with E-state index in [1.807, 2.05) is 29.2 Å². The van der Waals surface area contributed by atoms with Crippen LogP contribution in [-0.2, 0) is 11.3 Å². The van der Waals surface area contributed by atoms with Crippen molar-refractivity contribution >= 4 is 17.7 Å². The molecule has 4 nitrogen and oxygen atoms in total. The third-order valence-corrected chi connectivity index (χ3v) is 4.30. The molecule has 2 heterocycles. The van der Waals surface area contributed by atoms with Gasteiger partial charge >= 0.3 is 6.09 Å². The van der Waals surface area contributed by atoms with E-state index in [0.29, 0.717) is 18.2 Å². The Morgan fingerprint density at radius 2 is 1.95 bits per heavy atom. The highest BCUT2D eigenvalue weighted by Crippen LogP contribution is 2.34. The molecular weight excluding hydrogens is 264 g/mol. The molecule has 2 fully saturated rings. The molecule has 2 aliphatic rings. The summed E-state index contributed by atoms with van der Waals surface area (Å²) >= 11 is 5.89. The Morgan fingerprint density at radius 1 is 1.26 bits per heavy atom. The van der Waals surface area contributed by atoms with E-state index in [1.54, 1.807) is 0 Å². The number of rotatable bonds is 2. The van der Waals surface area contributed by atoms with Crippen LogP contribution >= 0.6 is 11.6 Å². The molecule has 0 bridgehead atoms. The van der Waals surface area contributed by atoms with Gasteiger partial charge in [0, 0.05) is 11.6 Å². The Labute approximate surface area is 117 Å². The van der Waals surface area contributed by atoms with Gasteiger partial charge in [-0.1, -0.05) is 23.7 Å². The van der Waals surface area contributed by atoms with Gasteiger partial charge in [-0.15, -0.1) is 0 Å². The summed E-state index contributed by atoms with van der Waals surface area (Å²) in [6.45, 7) is 2.98. The van der Waals surface area contributed by atoms with Gasteiger partial charge in [0.05, 0.1) is 5.54 Å². The lowest BCUT2D eigenvalue weighted by atomic mass is 9.88. The number of piperidine rings is 1. The highest BCUT2D eigenvalue weighted by Gasteiger charge is 2.47. The molecule has 1 aromatic rings. The zero-order valence-electron chi connectivity index (χ0n) is 10.7. The predicted octanol–water partition coefficient (Wildman–Crippen LogP) is 2.41. The number of halogens is 1. The second-order valence-corrected chi connectivity index (χ2v) is 5.68. The van der Waals surface area contributed by atoms with Crippen molar-refractivity contribution in [2.24, 2.45) is 0 Å². The summed E-state index contributed by atoms with van der Waals surface area (Å²) in [5.74, 6) is 0. The standard InChI is InChI=1S/C14H17ClN2O2/c15-12-3-1-11(2-4-12)9-17-13(18)19-10-14(17)5-7-16-8-6-14/h1-4,16H,5-10H2. The summed E-state index contributed by atoms with van der Waals surface area (Å²) in [4.78, 5) is 13.9. The maximum Gasteiger partial charge on any atom is 0.410 e. The van der Waals surface area contributed by atoms with Crippen LogP contribution in [0.3, 0.4) is 0 Å². The molecule has 1 N–H and O–H groups in total. The molecule has 1 aromatic carbocycles. The van der Waals surface area contributed by atoms with Crippen LogP contribution in [-0.4, -0.2) is 36.2 Å². The quantitative estimate of drug-likeness (QED) is 0.905. The van der Waals surface area contributed by atoms with Crippen molar-refractivity contribution in [2.45, 2.75) is 24.9 Å². The first-order chi connectivity index (χ1) is 9.20. The molecule has 102 valence electrons. The SMILES string of the molecule is O=C1OCC2(CCNCC2)N1Cc1ccc(Cl)cc1. The van der Waals surface area contributed by atoms with Crippen LogP contribution in [0.4, 0.5) is 4.79 Å². The fraction of sp³-hybridized carbons (Fsp3) is 0.500. The lowest BCUT2D eigenvalue weighted by Gasteiger charge is -2.38. The molecule has 0 aliphatic carbocycles. The molecule has 0 unspecified atom stereocenters. The Bertz CT molecular complexity index is 469. The molecule has 2 aliphatic heterocycles. The number of carbonyl (C=O) groups excluding carboxylic acids is 1. The number of ether oxygens (including phenoxy) is 1. The van der Waals surface area contributed by atoms with Crippen molar-refractivity contribution in [3.63, 3.8) is 0 Å². The van der Waals surface area contributed by atoms with Gasteiger partial charge in [0.15, 0.2) is 0 Å². The van der Waals surface area contributed by atoms with Crippen molar-refractivity contribution < 1.29 is 9.53 Å². The first-order valence-corrected chi connectivity index (χ1v) is 6.97. The summed E-state index contributed by atoms with van der Waals surface area (Å²) in [5.41, 5.74) is 0.961. The van der Waals surface area contributed by atoms with Gasteiger partial charge in [-0.3, -0.25) is 4.90 Å². The van der Waals surface area contributed by atoms with Crippen LogP contribution in [0, 0.1) is 0 Å². The molecule has 0 radical (unpaired) electrons. The average Bonchev–Trinajstić information content (AvgIpc) is 2.72. The number of carbonyl (C=O) groups is 1. The van der Waals surface area contributed by atoms with Crippen LogP contribution in [0.5, 0.6) is 0 Å². The minimum atomic E-state index is -0.197. The van der Waals surface area contributed by atoms with Gasteiger partial charge in [0.1, 0.15) is 6.61 Å². The van der Waals surface area contributed by atoms with E-state index in [2.05, 4.69) is 5.32 Å². The fourth-order valence-electron chi connectivity index (χ4n) is 2.86. The van der Waals surface area contributed by atoms with Gasteiger partial charge in [-0.05, 0) is 43.6 Å². The highest BCUT2D eigenvalue weighted by atomic mass is 35.5. The van der Waals surface area contributed by atoms with E-state index in [0.717, 1.165) is 31.5 Å². The second-order valence-electron chi connectivity index (χ2n) is 5.24. The third kappa shape index (κ3) is 2.42. The van der Waals surface area contributed by atoms with Crippen LogP contribution in [0.15, 0.2) is 24.3 Å². The van der Waals surface area contributed by atoms with Gasteiger partial charge in [-0.25, -0.2) is 4.79 Å². The normalized spacial score (nSPS) is 21.7. The molecule has 0 saturated carbocycles. The lowest BCUT2D eigenvalue weighted by Crippen LogP contribution is -2.53. The van der Waals surface area contributed by atoms with Crippen molar-refractivity contribution in [3.8, 4) is 0 Å². The van der Waals surface area contributed by atoms with Gasteiger partial charge in [-0.2, -0.15) is 0 Å². The first-order valence-electron chi connectivity index (χ1n) is 6.59. The van der Waals surface area contributed by atoms with Crippen molar-refractivity contribution in [1.29, 1.82) is 0 Å². The molecule has 19 heavy (non-hydrogen) atoms. The van der Waals surface area contributed by atoms with E-state index >= 15 is 0 Å². The molecule has 5 heteroatoms. The van der Waals surface area contributed by atoms with Crippen LogP contribution in [0.1, 0.15) is 18.4 Å². The number of amides is 1. The highest BCUT2D eigenvalue weighted by molar-refractivity contribution is 6.30. The first kappa shape index (κ1) is 12.8. The summed E-state index contributed by atoms with van der Waals surface area (Å²) in [6, 6.07) is 7.63. The van der Waals surface area contributed by atoms with Gasteiger partial charge < -0.3 is 10.1 Å². The molecule has 3 rings (SSSR count). The largest absolute Gasteiger partial charge is 0.447 e. The zero-order chi connectivity index (χ0) is 13.3. The van der Waals surface area contributed by atoms with Gasteiger partial charge in [0.25, 0.3) is 0 Å². The number of hydrogen-bond donors (Lipinski definition) is 1. The van der Waals surface area contributed by atoms with Crippen molar-refractivity contribution in [1.82, 2.24) is 10.2 Å². The number of nitrogens with one attached hydrogen (secondary N) is 1. The van der Waals surface area contributed by atoms with E-state index in [-0.39, 0.29) is 11.6 Å². The topological polar surface area (TPSA) is 41.6 Å². The molecule has 0 atom stereocenters. The number of nitrogens with zero attached hydrogens (tertiary/aromatic N) is 1. The summed E-state index contributed by atoms with van der Waals surface area (Å²) in [6.07, 6.45) is 1.70. The van der Waals surface area contributed by atoms with Gasteiger partial charge in [0.2, 0.25) is 0 Å². The number of hydrogen-bond acceptors (Lipinski definition) is 3. The molecule has 1 spiro atoms. The van der Waals surface area contributed by atoms with E-state index in [9.17, 15) is 4.79 Å². The fourth-order valence-corrected chi connectivity index (χ4v) is 2.98.